The zero-order valence-electron chi connectivity index (χ0n) is 17.2. The molecule has 0 spiro atoms. The Labute approximate surface area is 179 Å². The second-order valence-electron chi connectivity index (χ2n) is 8.09. The molecule has 2 aromatic carbocycles. The molecule has 0 saturated carbocycles. The van der Waals surface area contributed by atoms with E-state index in [0.29, 0.717) is 29.8 Å². The molecule has 2 aliphatic heterocycles. The van der Waals surface area contributed by atoms with Gasteiger partial charge in [0.05, 0.1) is 22.5 Å². The fourth-order valence-corrected chi connectivity index (χ4v) is 4.68. The minimum Gasteiger partial charge on any atom is -0.325 e. The van der Waals surface area contributed by atoms with Gasteiger partial charge in [-0.15, -0.1) is 0 Å². The Balaban J connectivity index is 1.38. The van der Waals surface area contributed by atoms with Gasteiger partial charge in [0.2, 0.25) is 11.8 Å². The number of nitrogens with one attached hydrogen (secondary N) is 1. The van der Waals surface area contributed by atoms with Gasteiger partial charge in [0.15, 0.2) is 0 Å². The third-order valence-corrected chi connectivity index (χ3v) is 6.23. The van der Waals surface area contributed by atoms with E-state index in [2.05, 4.69) is 10.3 Å². The Hall–Kier alpha value is -3.74. The summed E-state index contributed by atoms with van der Waals surface area (Å²) < 4.78 is 0. The number of rotatable bonds is 4. The summed E-state index contributed by atoms with van der Waals surface area (Å²) >= 11 is 0. The molecule has 31 heavy (non-hydrogen) atoms. The summed E-state index contributed by atoms with van der Waals surface area (Å²) in [6.45, 7) is 2.13. The zero-order valence-corrected chi connectivity index (χ0v) is 17.2. The van der Waals surface area contributed by atoms with Crippen molar-refractivity contribution in [2.24, 2.45) is 0 Å². The third kappa shape index (κ3) is 3.04. The van der Waals surface area contributed by atoms with E-state index in [1.807, 2.05) is 49.4 Å². The number of para-hydroxylation sites is 1. The van der Waals surface area contributed by atoms with Crippen LogP contribution in [0.1, 0.15) is 36.5 Å². The smallest absolute Gasteiger partial charge is 0.257 e. The van der Waals surface area contributed by atoms with Crippen LogP contribution < -0.4 is 10.2 Å². The maximum atomic E-state index is 13.3. The second-order valence-corrected chi connectivity index (χ2v) is 8.09. The number of nitrogens with zero attached hydrogens (tertiary/aromatic N) is 3. The molecule has 1 aromatic heterocycles. The van der Waals surface area contributed by atoms with Crippen molar-refractivity contribution in [3.63, 3.8) is 0 Å². The number of benzene rings is 2. The van der Waals surface area contributed by atoms with Crippen molar-refractivity contribution in [1.29, 1.82) is 0 Å². The molecule has 1 saturated heterocycles. The molecule has 5 rings (SSSR count). The largest absolute Gasteiger partial charge is 0.325 e. The van der Waals surface area contributed by atoms with Crippen LogP contribution in [0.4, 0.5) is 11.4 Å². The number of aromatic nitrogens is 1. The minimum absolute atomic E-state index is 0.000145. The molecule has 1 atom stereocenters. The summed E-state index contributed by atoms with van der Waals surface area (Å²) in [5, 5.41) is 3.80. The molecule has 3 aromatic rings. The lowest BCUT2D eigenvalue weighted by molar-refractivity contribution is -0.117. The number of anilines is 2. The van der Waals surface area contributed by atoms with E-state index in [0.717, 1.165) is 10.9 Å². The van der Waals surface area contributed by atoms with Gasteiger partial charge in [0.25, 0.3) is 5.91 Å². The number of hydrogen-bond acceptors (Lipinski definition) is 4. The van der Waals surface area contributed by atoms with E-state index in [1.54, 1.807) is 28.1 Å². The van der Waals surface area contributed by atoms with E-state index >= 15 is 0 Å². The Bertz CT molecular complexity index is 1220. The average molecular weight is 414 g/mol. The monoisotopic (exact) mass is 414 g/mol. The van der Waals surface area contributed by atoms with Gasteiger partial charge in [0.1, 0.15) is 5.66 Å². The fourth-order valence-electron chi connectivity index (χ4n) is 4.68. The predicted octanol–water partition coefficient (Wildman–Crippen LogP) is 3.56. The summed E-state index contributed by atoms with van der Waals surface area (Å²) in [6, 6.07) is 16.5. The molecule has 2 aliphatic rings. The molecule has 7 heteroatoms. The molecule has 1 fully saturated rings. The number of carbonyl (C=O) groups excluding carboxylic acids is 3. The van der Waals surface area contributed by atoms with E-state index < -0.39 is 5.66 Å². The summed E-state index contributed by atoms with van der Waals surface area (Å²) in [5.41, 5.74) is 1.88. The molecule has 3 amide bonds. The van der Waals surface area contributed by atoms with Crippen molar-refractivity contribution in [2.75, 3.05) is 16.8 Å². The van der Waals surface area contributed by atoms with Crippen molar-refractivity contribution in [3.05, 3.63) is 66.4 Å². The SMILES string of the molecule is CC12CCC(=O)N1c1ccccc1C(=O)N2CCC(=O)Nc1cccc2ncccc12. The molecule has 1 N–H and O–H groups in total. The van der Waals surface area contributed by atoms with Crippen LogP contribution in [-0.4, -0.2) is 39.8 Å². The lowest BCUT2D eigenvalue weighted by atomic mass is 9.98. The Kier molecular flexibility index (Phi) is 4.46. The highest BCUT2D eigenvalue weighted by Crippen LogP contribution is 2.44. The number of pyridine rings is 1. The van der Waals surface area contributed by atoms with Gasteiger partial charge in [-0.05, 0) is 49.7 Å². The molecule has 1 unspecified atom stereocenters. The zero-order chi connectivity index (χ0) is 21.6. The van der Waals surface area contributed by atoms with Crippen molar-refractivity contribution >= 4 is 40.0 Å². The van der Waals surface area contributed by atoms with Gasteiger partial charge < -0.3 is 10.2 Å². The Morgan fingerprint density at radius 1 is 1.10 bits per heavy atom. The van der Waals surface area contributed by atoms with Gasteiger partial charge >= 0.3 is 0 Å². The fraction of sp³-hybridized carbons (Fsp3) is 0.250. The van der Waals surface area contributed by atoms with E-state index in [9.17, 15) is 14.4 Å². The van der Waals surface area contributed by atoms with Crippen LogP contribution in [0.15, 0.2) is 60.8 Å². The molecular weight excluding hydrogens is 392 g/mol. The van der Waals surface area contributed by atoms with Gasteiger partial charge in [0, 0.05) is 31.0 Å². The van der Waals surface area contributed by atoms with Crippen LogP contribution in [0.3, 0.4) is 0 Å². The van der Waals surface area contributed by atoms with Crippen molar-refractivity contribution in [1.82, 2.24) is 9.88 Å². The first kappa shape index (κ1) is 19.2. The molecule has 3 heterocycles. The van der Waals surface area contributed by atoms with Gasteiger partial charge in [-0.1, -0.05) is 18.2 Å². The number of fused-ring (bicyclic) bond motifs is 4. The molecule has 7 nitrogen and oxygen atoms in total. The maximum Gasteiger partial charge on any atom is 0.257 e. The first-order valence-electron chi connectivity index (χ1n) is 10.4. The van der Waals surface area contributed by atoms with E-state index in [1.165, 1.54) is 0 Å². The highest BCUT2D eigenvalue weighted by Gasteiger charge is 2.52. The van der Waals surface area contributed by atoms with Crippen LogP contribution in [0.5, 0.6) is 0 Å². The van der Waals surface area contributed by atoms with E-state index in [4.69, 9.17) is 0 Å². The maximum absolute atomic E-state index is 13.3. The lowest BCUT2D eigenvalue weighted by Gasteiger charge is -2.48. The van der Waals surface area contributed by atoms with Gasteiger partial charge in [-0.2, -0.15) is 0 Å². The number of hydrogen-bond donors (Lipinski definition) is 1. The topological polar surface area (TPSA) is 82.6 Å². The third-order valence-electron chi connectivity index (χ3n) is 6.23. The molecule has 0 radical (unpaired) electrons. The Morgan fingerprint density at radius 3 is 2.81 bits per heavy atom. The van der Waals surface area contributed by atoms with Crippen LogP contribution in [0, 0.1) is 0 Å². The van der Waals surface area contributed by atoms with E-state index in [-0.39, 0.29) is 30.7 Å². The van der Waals surface area contributed by atoms with Crippen molar-refractivity contribution in [2.45, 2.75) is 31.8 Å². The summed E-state index contributed by atoms with van der Waals surface area (Å²) in [5.74, 6) is -0.339. The van der Waals surface area contributed by atoms with Gasteiger partial charge in [-0.3, -0.25) is 24.3 Å². The predicted molar refractivity (Wildman–Crippen MR) is 118 cm³/mol. The van der Waals surface area contributed by atoms with Crippen molar-refractivity contribution in [3.8, 4) is 0 Å². The molecule has 156 valence electrons. The Morgan fingerprint density at radius 2 is 1.94 bits per heavy atom. The molecule has 0 bridgehead atoms. The number of amides is 3. The summed E-state index contributed by atoms with van der Waals surface area (Å²) in [7, 11) is 0. The quantitative estimate of drug-likeness (QED) is 0.708. The van der Waals surface area contributed by atoms with Crippen LogP contribution in [-0.2, 0) is 9.59 Å². The summed E-state index contributed by atoms with van der Waals surface area (Å²) in [6.07, 6.45) is 2.76. The number of carbonyl (C=O) groups is 3. The standard InChI is InChI=1S/C24H22N4O3/c1-24-13-11-22(30)28(24)20-10-3-2-6-17(20)23(31)27(24)15-12-21(29)26-19-9-4-8-18-16(19)7-5-14-25-18/h2-10,14H,11-13,15H2,1H3,(H,26,29). The first-order chi connectivity index (χ1) is 15.0. The van der Waals surface area contributed by atoms with Crippen LogP contribution in [0.2, 0.25) is 0 Å². The molecular formula is C24H22N4O3. The molecule has 0 aliphatic carbocycles. The van der Waals surface area contributed by atoms with Crippen LogP contribution in [0.25, 0.3) is 10.9 Å². The first-order valence-corrected chi connectivity index (χ1v) is 10.4. The second kappa shape index (κ2) is 7.19. The van der Waals surface area contributed by atoms with Crippen molar-refractivity contribution < 1.29 is 14.4 Å². The highest BCUT2D eigenvalue weighted by atomic mass is 16.2. The van der Waals surface area contributed by atoms with Gasteiger partial charge in [-0.25, -0.2) is 0 Å². The highest BCUT2D eigenvalue weighted by molar-refractivity contribution is 6.10. The average Bonchev–Trinajstić information content (AvgIpc) is 3.09. The lowest BCUT2D eigenvalue weighted by Crippen LogP contribution is -2.62. The minimum atomic E-state index is -0.758. The summed E-state index contributed by atoms with van der Waals surface area (Å²) in [4.78, 5) is 46.4. The van der Waals surface area contributed by atoms with Crippen LogP contribution >= 0.6 is 0 Å². The normalized spacial score (nSPS) is 20.0.